The first-order valence-electron chi connectivity index (χ1n) is 8.26. The first kappa shape index (κ1) is 18.4. The van der Waals surface area contributed by atoms with Crippen LogP contribution in [-0.2, 0) is 19.4 Å². The van der Waals surface area contributed by atoms with Crippen LogP contribution in [-0.4, -0.2) is 49.2 Å². The molecule has 24 heavy (non-hydrogen) atoms. The van der Waals surface area contributed by atoms with Gasteiger partial charge in [-0.15, -0.1) is 0 Å². The Kier molecular flexibility index (Phi) is 6.36. The fourth-order valence-electron chi connectivity index (χ4n) is 2.99. The third-order valence-electron chi connectivity index (χ3n) is 4.17. The Hall–Kier alpha value is -1.89. The van der Waals surface area contributed by atoms with Gasteiger partial charge in [0, 0.05) is 18.3 Å². The Morgan fingerprint density at radius 2 is 1.88 bits per heavy atom. The van der Waals surface area contributed by atoms with Crippen molar-refractivity contribution < 1.29 is 18.0 Å². The molecule has 1 aliphatic heterocycles. The molecule has 7 heteroatoms. The molecule has 1 aliphatic rings. The normalized spacial score (nSPS) is 18.2. The zero-order valence-electron chi connectivity index (χ0n) is 13.9. The quantitative estimate of drug-likeness (QED) is 0.847. The Balaban J connectivity index is 1.92. The van der Waals surface area contributed by atoms with Crippen molar-refractivity contribution in [3.05, 3.63) is 30.3 Å². The molecule has 6 nitrogen and oxygen atoms in total. The SMILES string of the molecule is CCC1CCCCN1C(=O)CS(=O)(=O)CC(=O)Nc1ccccc1. The Bertz CT molecular complexity index is 673. The van der Waals surface area contributed by atoms with Crippen molar-refractivity contribution in [1.82, 2.24) is 4.90 Å². The summed E-state index contributed by atoms with van der Waals surface area (Å²) < 4.78 is 24.3. The van der Waals surface area contributed by atoms with Gasteiger partial charge in [-0.2, -0.15) is 0 Å². The number of carbonyl (C=O) groups is 2. The lowest BCUT2D eigenvalue weighted by Gasteiger charge is -2.35. The van der Waals surface area contributed by atoms with Crippen molar-refractivity contribution >= 4 is 27.3 Å². The van der Waals surface area contributed by atoms with E-state index in [0.717, 1.165) is 25.7 Å². The second-order valence-electron chi connectivity index (χ2n) is 6.09. The van der Waals surface area contributed by atoms with Gasteiger partial charge in [-0.25, -0.2) is 8.42 Å². The number of carbonyl (C=O) groups excluding carboxylic acids is 2. The molecular formula is C17H24N2O4S. The molecular weight excluding hydrogens is 328 g/mol. The largest absolute Gasteiger partial charge is 0.339 e. The lowest BCUT2D eigenvalue weighted by Crippen LogP contribution is -2.46. The van der Waals surface area contributed by atoms with E-state index in [1.165, 1.54) is 0 Å². The van der Waals surface area contributed by atoms with Crippen LogP contribution in [0.3, 0.4) is 0 Å². The summed E-state index contributed by atoms with van der Waals surface area (Å²) in [5.41, 5.74) is 0.533. The van der Waals surface area contributed by atoms with Crippen molar-refractivity contribution in [3.63, 3.8) is 0 Å². The van der Waals surface area contributed by atoms with E-state index in [1.54, 1.807) is 35.2 Å². The van der Waals surface area contributed by atoms with Crippen LogP contribution in [0.2, 0.25) is 0 Å². The van der Waals surface area contributed by atoms with E-state index in [0.29, 0.717) is 12.2 Å². The van der Waals surface area contributed by atoms with E-state index in [1.807, 2.05) is 6.92 Å². The van der Waals surface area contributed by atoms with Gasteiger partial charge in [0.2, 0.25) is 11.8 Å². The van der Waals surface area contributed by atoms with E-state index in [9.17, 15) is 18.0 Å². The highest BCUT2D eigenvalue weighted by molar-refractivity contribution is 7.92. The zero-order valence-corrected chi connectivity index (χ0v) is 14.7. The summed E-state index contributed by atoms with van der Waals surface area (Å²) in [5, 5.41) is 2.53. The minimum Gasteiger partial charge on any atom is -0.339 e. The highest BCUT2D eigenvalue weighted by Gasteiger charge is 2.29. The molecule has 1 heterocycles. The highest BCUT2D eigenvalue weighted by atomic mass is 32.2. The van der Waals surface area contributed by atoms with E-state index in [2.05, 4.69) is 5.32 Å². The number of anilines is 1. The minimum absolute atomic E-state index is 0.111. The minimum atomic E-state index is -3.78. The lowest BCUT2D eigenvalue weighted by atomic mass is 10.0. The van der Waals surface area contributed by atoms with Gasteiger partial charge in [0.1, 0.15) is 11.5 Å². The molecule has 1 aromatic carbocycles. The Morgan fingerprint density at radius 1 is 1.17 bits per heavy atom. The molecule has 1 aromatic rings. The molecule has 1 atom stereocenters. The third kappa shape index (κ3) is 5.33. The second-order valence-corrected chi connectivity index (χ2v) is 8.16. The molecule has 1 N–H and O–H groups in total. The fraction of sp³-hybridized carbons (Fsp3) is 0.529. The van der Waals surface area contributed by atoms with E-state index in [-0.39, 0.29) is 6.04 Å². The monoisotopic (exact) mass is 352 g/mol. The Labute approximate surface area is 143 Å². The van der Waals surface area contributed by atoms with Crippen LogP contribution < -0.4 is 5.32 Å². The van der Waals surface area contributed by atoms with Crippen LogP contribution in [0.4, 0.5) is 5.69 Å². The number of hydrogen-bond donors (Lipinski definition) is 1. The van der Waals surface area contributed by atoms with E-state index >= 15 is 0 Å². The number of sulfone groups is 1. The summed E-state index contributed by atoms with van der Waals surface area (Å²) in [7, 11) is -3.78. The van der Waals surface area contributed by atoms with Crippen LogP contribution >= 0.6 is 0 Å². The maximum Gasteiger partial charge on any atom is 0.239 e. The smallest absolute Gasteiger partial charge is 0.239 e. The van der Waals surface area contributed by atoms with Gasteiger partial charge in [0.05, 0.1) is 0 Å². The number of rotatable bonds is 6. The number of hydrogen-bond acceptors (Lipinski definition) is 4. The summed E-state index contributed by atoms with van der Waals surface area (Å²) in [6.07, 6.45) is 3.70. The molecule has 1 saturated heterocycles. The molecule has 1 fully saturated rings. The average molecular weight is 352 g/mol. The van der Waals surface area contributed by atoms with Crippen molar-refractivity contribution in [3.8, 4) is 0 Å². The van der Waals surface area contributed by atoms with Crippen molar-refractivity contribution in [2.75, 3.05) is 23.4 Å². The van der Waals surface area contributed by atoms with Crippen LogP contribution in [0.15, 0.2) is 30.3 Å². The van der Waals surface area contributed by atoms with Crippen LogP contribution in [0, 0.1) is 0 Å². The first-order chi connectivity index (χ1) is 11.4. The molecule has 0 bridgehead atoms. The van der Waals surface area contributed by atoms with Crippen LogP contribution in [0.25, 0.3) is 0 Å². The number of piperidine rings is 1. The maximum absolute atomic E-state index is 12.3. The predicted octanol–water partition coefficient (Wildman–Crippen LogP) is 1.83. The van der Waals surface area contributed by atoms with E-state index < -0.39 is 33.2 Å². The molecule has 0 saturated carbocycles. The van der Waals surface area contributed by atoms with Crippen molar-refractivity contribution in [2.45, 2.75) is 38.6 Å². The van der Waals surface area contributed by atoms with Crippen molar-refractivity contribution in [1.29, 1.82) is 0 Å². The van der Waals surface area contributed by atoms with Gasteiger partial charge in [-0.3, -0.25) is 9.59 Å². The number of nitrogens with zero attached hydrogens (tertiary/aromatic N) is 1. The summed E-state index contributed by atoms with van der Waals surface area (Å²) >= 11 is 0. The molecule has 132 valence electrons. The second kappa shape index (κ2) is 8.28. The Morgan fingerprint density at radius 3 is 2.54 bits per heavy atom. The van der Waals surface area contributed by atoms with E-state index in [4.69, 9.17) is 0 Å². The average Bonchev–Trinajstić information content (AvgIpc) is 2.54. The molecule has 0 spiro atoms. The number of likely N-dealkylation sites (tertiary alicyclic amines) is 1. The summed E-state index contributed by atoms with van der Waals surface area (Å²) in [6, 6.07) is 8.75. The van der Waals surface area contributed by atoms with Crippen LogP contribution in [0.1, 0.15) is 32.6 Å². The summed E-state index contributed by atoms with van der Waals surface area (Å²) in [6.45, 7) is 2.60. The maximum atomic E-state index is 12.3. The first-order valence-corrected chi connectivity index (χ1v) is 10.1. The fourth-order valence-corrected chi connectivity index (χ4v) is 4.11. The summed E-state index contributed by atoms with van der Waals surface area (Å²) in [5.74, 6) is -2.31. The summed E-state index contributed by atoms with van der Waals surface area (Å²) in [4.78, 5) is 25.9. The predicted molar refractivity (Wildman–Crippen MR) is 93.4 cm³/mol. The van der Waals surface area contributed by atoms with Gasteiger partial charge in [-0.1, -0.05) is 25.1 Å². The molecule has 1 unspecified atom stereocenters. The molecule has 2 amide bonds. The topological polar surface area (TPSA) is 83.6 Å². The van der Waals surface area contributed by atoms with Gasteiger partial charge >= 0.3 is 0 Å². The van der Waals surface area contributed by atoms with Gasteiger partial charge < -0.3 is 10.2 Å². The molecule has 2 rings (SSSR count). The number of para-hydroxylation sites is 1. The van der Waals surface area contributed by atoms with Gasteiger partial charge in [0.15, 0.2) is 9.84 Å². The van der Waals surface area contributed by atoms with Crippen LogP contribution in [0.5, 0.6) is 0 Å². The number of amides is 2. The third-order valence-corrected chi connectivity index (χ3v) is 5.56. The highest BCUT2D eigenvalue weighted by Crippen LogP contribution is 2.20. The standard InChI is InChI=1S/C17H24N2O4S/c1-2-15-10-6-7-11-19(15)17(21)13-24(22,23)12-16(20)18-14-8-4-3-5-9-14/h3-5,8-9,15H,2,6-7,10-13H2,1H3,(H,18,20). The number of nitrogens with one attached hydrogen (secondary N) is 1. The van der Waals surface area contributed by atoms with Crippen molar-refractivity contribution in [2.24, 2.45) is 0 Å². The lowest BCUT2D eigenvalue weighted by molar-refractivity contribution is -0.132. The number of benzene rings is 1. The molecule has 0 aliphatic carbocycles. The molecule has 0 aromatic heterocycles. The zero-order chi connectivity index (χ0) is 17.6. The van der Waals surface area contributed by atoms with Gasteiger partial charge in [0.25, 0.3) is 0 Å². The molecule has 0 radical (unpaired) electrons. The van der Waals surface area contributed by atoms with Gasteiger partial charge in [-0.05, 0) is 37.8 Å².